The van der Waals surface area contributed by atoms with Gasteiger partial charge in [-0.3, -0.25) is 4.79 Å². The third kappa shape index (κ3) is 3.32. The third-order valence-corrected chi connectivity index (χ3v) is 5.10. The first-order valence-corrected chi connectivity index (χ1v) is 8.62. The van der Waals surface area contributed by atoms with E-state index in [1.165, 1.54) is 11.3 Å². The van der Waals surface area contributed by atoms with Gasteiger partial charge < -0.3 is 14.8 Å². The molecule has 0 atom stereocenters. The quantitative estimate of drug-likeness (QED) is 0.678. The minimum atomic E-state index is -0.242. The molecule has 1 amide bonds. The Kier molecular flexibility index (Phi) is 4.92. The summed E-state index contributed by atoms with van der Waals surface area (Å²) in [5, 5.41) is 4.16. The van der Waals surface area contributed by atoms with Crippen molar-refractivity contribution in [1.82, 2.24) is 0 Å². The van der Waals surface area contributed by atoms with Crippen molar-refractivity contribution in [2.24, 2.45) is 0 Å². The maximum atomic E-state index is 12.6. The molecule has 0 spiro atoms. The van der Waals surface area contributed by atoms with Gasteiger partial charge in [0.2, 0.25) is 0 Å². The number of thiophene rings is 1. The number of rotatable bonds is 5. The first-order valence-electron chi connectivity index (χ1n) is 7.42. The van der Waals surface area contributed by atoms with Gasteiger partial charge in [0.05, 0.1) is 18.7 Å². The average molecular weight is 362 g/mol. The van der Waals surface area contributed by atoms with Crippen molar-refractivity contribution in [2.75, 3.05) is 19.0 Å². The molecule has 0 saturated heterocycles. The summed E-state index contributed by atoms with van der Waals surface area (Å²) < 4.78 is 11.6. The van der Waals surface area contributed by atoms with E-state index in [0.29, 0.717) is 27.9 Å². The van der Waals surface area contributed by atoms with Gasteiger partial charge in [0.25, 0.3) is 5.91 Å². The number of hydrogen-bond acceptors (Lipinski definition) is 4. The van der Waals surface area contributed by atoms with Crippen molar-refractivity contribution in [3.8, 4) is 11.5 Å². The largest absolute Gasteiger partial charge is 0.497 e. The fraction of sp³-hybridized carbons (Fsp3) is 0.167. The van der Waals surface area contributed by atoms with Crippen LogP contribution in [-0.2, 0) is 0 Å². The Morgan fingerprint density at radius 2 is 2.04 bits per heavy atom. The second-order valence-electron chi connectivity index (χ2n) is 5.02. The highest BCUT2D eigenvalue weighted by atomic mass is 35.5. The average Bonchev–Trinajstić information content (AvgIpc) is 2.92. The topological polar surface area (TPSA) is 47.6 Å². The van der Waals surface area contributed by atoms with E-state index in [-0.39, 0.29) is 5.91 Å². The van der Waals surface area contributed by atoms with E-state index in [9.17, 15) is 4.79 Å². The molecule has 24 heavy (non-hydrogen) atoms. The zero-order valence-electron chi connectivity index (χ0n) is 13.3. The summed E-state index contributed by atoms with van der Waals surface area (Å²) in [7, 11) is 1.61. The second-order valence-corrected chi connectivity index (χ2v) is 6.45. The van der Waals surface area contributed by atoms with Crippen LogP contribution in [0.15, 0.2) is 42.5 Å². The first kappa shape index (κ1) is 16.6. The molecule has 0 unspecified atom stereocenters. The molecule has 3 rings (SSSR count). The summed E-state index contributed by atoms with van der Waals surface area (Å²) in [5.41, 5.74) is 0.664. The summed E-state index contributed by atoms with van der Waals surface area (Å²) in [6.45, 7) is 2.48. The summed E-state index contributed by atoms with van der Waals surface area (Å²) >= 11 is 7.72. The van der Waals surface area contributed by atoms with Crippen molar-refractivity contribution in [2.45, 2.75) is 6.92 Å². The molecule has 0 bridgehead atoms. The SMILES string of the molecule is CCOc1cccc(NC(=O)c2sc3cc(OC)ccc3c2Cl)c1. The van der Waals surface area contributed by atoms with Crippen LogP contribution in [0.5, 0.6) is 11.5 Å². The number of hydrogen-bond donors (Lipinski definition) is 1. The van der Waals surface area contributed by atoms with Gasteiger partial charge >= 0.3 is 0 Å². The van der Waals surface area contributed by atoms with E-state index in [0.717, 1.165) is 15.8 Å². The van der Waals surface area contributed by atoms with Gasteiger partial charge in [-0.15, -0.1) is 11.3 Å². The summed E-state index contributed by atoms with van der Waals surface area (Å²) in [6, 6.07) is 12.8. The van der Waals surface area contributed by atoms with Gasteiger partial charge in [0.15, 0.2) is 0 Å². The van der Waals surface area contributed by atoms with Gasteiger partial charge in [0.1, 0.15) is 16.4 Å². The number of carbonyl (C=O) groups is 1. The number of fused-ring (bicyclic) bond motifs is 1. The molecular weight excluding hydrogens is 346 g/mol. The molecular formula is C18H16ClNO3S. The molecule has 3 aromatic rings. The van der Waals surface area contributed by atoms with E-state index in [1.54, 1.807) is 13.2 Å². The fourth-order valence-electron chi connectivity index (χ4n) is 2.34. The summed E-state index contributed by atoms with van der Waals surface area (Å²) in [5.74, 6) is 1.20. The van der Waals surface area contributed by atoms with E-state index < -0.39 is 0 Å². The van der Waals surface area contributed by atoms with Crippen LogP contribution in [0, 0.1) is 0 Å². The Hall–Kier alpha value is -2.24. The monoisotopic (exact) mass is 361 g/mol. The van der Waals surface area contributed by atoms with Gasteiger partial charge in [-0.1, -0.05) is 17.7 Å². The van der Waals surface area contributed by atoms with Crippen LogP contribution in [0.2, 0.25) is 5.02 Å². The molecule has 1 N–H and O–H groups in total. The van der Waals surface area contributed by atoms with Gasteiger partial charge in [-0.05, 0) is 37.3 Å². The lowest BCUT2D eigenvalue weighted by Crippen LogP contribution is -2.10. The first-order chi connectivity index (χ1) is 11.6. The van der Waals surface area contributed by atoms with Crippen LogP contribution in [0.1, 0.15) is 16.6 Å². The number of ether oxygens (including phenoxy) is 2. The van der Waals surface area contributed by atoms with E-state index in [2.05, 4.69) is 5.32 Å². The van der Waals surface area contributed by atoms with Crippen molar-refractivity contribution < 1.29 is 14.3 Å². The second kappa shape index (κ2) is 7.11. The molecule has 0 aliphatic rings. The zero-order chi connectivity index (χ0) is 17.1. The number of amides is 1. The van der Waals surface area contributed by atoms with Gasteiger partial charge in [-0.25, -0.2) is 0 Å². The maximum absolute atomic E-state index is 12.6. The van der Waals surface area contributed by atoms with Crippen molar-refractivity contribution in [3.05, 3.63) is 52.4 Å². The Morgan fingerprint density at radius 3 is 2.79 bits per heavy atom. The van der Waals surface area contributed by atoms with Crippen LogP contribution in [-0.4, -0.2) is 19.6 Å². The number of methoxy groups -OCH3 is 1. The van der Waals surface area contributed by atoms with Crippen LogP contribution < -0.4 is 14.8 Å². The lowest BCUT2D eigenvalue weighted by atomic mass is 10.2. The molecule has 0 aliphatic carbocycles. The molecule has 0 radical (unpaired) electrons. The fourth-order valence-corrected chi connectivity index (χ4v) is 3.78. The van der Waals surface area contributed by atoms with Crippen molar-refractivity contribution in [1.29, 1.82) is 0 Å². The van der Waals surface area contributed by atoms with E-state index >= 15 is 0 Å². The Bertz CT molecular complexity index is 891. The normalized spacial score (nSPS) is 10.6. The molecule has 0 aliphatic heterocycles. The molecule has 6 heteroatoms. The number of anilines is 1. The van der Waals surface area contributed by atoms with E-state index in [4.69, 9.17) is 21.1 Å². The van der Waals surface area contributed by atoms with Gasteiger partial charge in [-0.2, -0.15) is 0 Å². The Labute approximate surface area is 149 Å². The predicted molar refractivity (Wildman–Crippen MR) is 99.0 cm³/mol. The molecule has 0 fully saturated rings. The Morgan fingerprint density at radius 1 is 1.21 bits per heavy atom. The predicted octanol–water partition coefficient (Wildman–Crippen LogP) is 5.21. The van der Waals surface area contributed by atoms with Crippen LogP contribution >= 0.6 is 22.9 Å². The minimum absolute atomic E-state index is 0.242. The highest BCUT2D eigenvalue weighted by Gasteiger charge is 2.18. The minimum Gasteiger partial charge on any atom is -0.497 e. The number of nitrogens with one attached hydrogen (secondary N) is 1. The smallest absolute Gasteiger partial charge is 0.267 e. The lowest BCUT2D eigenvalue weighted by Gasteiger charge is -2.07. The van der Waals surface area contributed by atoms with Crippen molar-refractivity contribution in [3.63, 3.8) is 0 Å². The maximum Gasteiger partial charge on any atom is 0.267 e. The summed E-state index contributed by atoms with van der Waals surface area (Å²) in [6.07, 6.45) is 0. The standard InChI is InChI=1S/C18H16ClNO3S/c1-3-23-13-6-4-5-11(9-13)20-18(21)17-16(19)14-8-7-12(22-2)10-15(14)24-17/h4-10H,3H2,1-2H3,(H,20,21). The van der Waals surface area contributed by atoms with Crippen LogP contribution in [0.25, 0.3) is 10.1 Å². The molecule has 2 aromatic carbocycles. The molecule has 0 saturated carbocycles. The van der Waals surface area contributed by atoms with Crippen molar-refractivity contribution >= 4 is 44.6 Å². The molecule has 1 aromatic heterocycles. The Balaban J connectivity index is 1.88. The number of carbonyl (C=O) groups excluding carboxylic acids is 1. The third-order valence-electron chi connectivity index (χ3n) is 3.45. The van der Waals surface area contributed by atoms with Gasteiger partial charge in [0, 0.05) is 21.8 Å². The van der Waals surface area contributed by atoms with Crippen LogP contribution in [0.4, 0.5) is 5.69 Å². The highest BCUT2D eigenvalue weighted by Crippen LogP contribution is 2.37. The number of halogens is 1. The number of benzene rings is 2. The summed E-state index contributed by atoms with van der Waals surface area (Å²) in [4.78, 5) is 13.0. The zero-order valence-corrected chi connectivity index (χ0v) is 14.8. The lowest BCUT2D eigenvalue weighted by molar-refractivity contribution is 0.103. The molecule has 4 nitrogen and oxygen atoms in total. The highest BCUT2D eigenvalue weighted by molar-refractivity contribution is 7.21. The molecule has 1 heterocycles. The molecule has 124 valence electrons. The van der Waals surface area contributed by atoms with E-state index in [1.807, 2.05) is 43.3 Å². The van der Waals surface area contributed by atoms with Crippen LogP contribution in [0.3, 0.4) is 0 Å².